The van der Waals surface area contributed by atoms with Gasteiger partial charge in [0.15, 0.2) is 12.7 Å². The van der Waals surface area contributed by atoms with Crippen molar-refractivity contribution in [1.82, 2.24) is 0 Å². The Labute approximate surface area is 137 Å². The highest BCUT2D eigenvalue weighted by molar-refractivity contribution is 7.17. The first kappa shape index (κ1) is 15.9. The van der Waals surface area contributed by atoms with Crippen molar-refractivity contribution in [2.24, 2.45) is 5.73 Å². The maximum absolute atomic E-state index is 12.0. The summed E-state index contributed by atoms with van der Waals surface area (Å²) in [6, 6.07) is 0. The Morgan fingerprint density at radius 2 is 2.13 bits per heavy atom. The van der Waals surface area contributed by atoms with E-state index < -0.39 is 30.5 Å². The second kappa shape index (κ2) is 6.67. The smallest absolute Gasteiger partial charge is 0.335 e. The van der Waals surface area contributed by atoms with Crippen molar-refractivity contribution in [1.29, 1.82) is 0 Å². The van der Waals surface area contributed by atoms with E-state index >= 15 is 0 Å². The first-order valence-corrected chi connectivity index (χ1v) is 8.40. The number of primary amides is 1. The van der Waals surface area contributed by atoms with Crippen molar-refractivity contribution in [3.05, 3.63) is 16.0 Å². The average molecular weight is 338 g/mol. The summed E-state index contributed by atoms with van der Waals surface area (Å²) >= 11 is 1.37. The number of hydrogen-bond donors (Lipinski definition) is 2. The van der Waals surface area contributed by atoms with Crippen LogP contribution >= 0.6 is 11.3 Å². The molecule has 0 saturated carbocycles. The molecular weight excluding hydrogens is 320 g/mol. The molecule has 3 rings (SSSR count). The molecule has 7 nitrogen and oxygen atoms in total. The zero-order chi connectivity index (χ0) is 16.4. The van der Waals surface area contributed by atoms with Crippen molar-refractivity contribution in [2.45, 2.75) is 38.2 Å². The normalized spacial score (nSPS) is 19.4. The molecular formula is C15H18N2O5S. The quantitative estimate of drug-likeness (QED) is 0.779. The maximum atomic E-state index is 12.0. The molecule has 1 aliphatic heterocycles. The molecule has 0 aromatic carbocycles. The Hall–Kier alpha value is -1.93. The molecule has 1 aliphatic carbocycles. The second-order valence-corrected chi connectivity index (χ2v) is 6.69. The molecule has 0 bridgehead atoms. The van der Waals surface area contributed by atoms with E-state index in [1.54, 1.807) is 0 Å². The van der Waals surface area contributed by atoms with E-state index in [-0.39, 0.29) is 0 Å². The van der Waals surface area contributed by atoms with Crippen molar-refractivity contribution in [2.75, 3.05) is 18.5 Å². The molecule has 1 aromatic heterocycles. The van der Waals surface area contributed by atoms with Crippen LogP contribution in [0, 0.1) is 0 Å². The monoisotopic (exact) mass is 338 g/mol. The number of aryl methyl sites for hydroxylation is 1. The van der Waals surface area contributed by atoms with E-state index in [2.05, 4.69) is 5.32 Å². The molecule has 1 atom stereocenters. The number of carbonyl (C=O) groups is 3. The van der Waals surface area contributed by atoms with Crippen molar-refractivity contribution in [3.63, 3.8) is 0 Å². The second-order valence-electron chi connectivity index (χ2n) is 5.58. The average Bonchev–Trinajstić information content (AvgIpc) is 3.20. The van der Waals surface area contributed by atoms with Gasteiger partial charge in [0.25, 0.3) is 11.8 Å². The summed E-state index contributed by atoms with van der Waals surface area (Å²) in [5.74, 6) is -1.56. The molecule has 0 spiro atoms. The van der Waals surface area contributed by atoms with Crippen LogP contribution in [0.2, 0.25) is 0 Å². The lowest BCUT2D eigenvalue weighted by molar-refractivity contribution is -0.156. The number of thiophene rings is 1. The number of fused-ring (bicyclic) bond motifs is 1. The standard InChI is InChI=1S/C15H18N2O5S/c16-13(19)12-8-3-1-5-10(8)23-14(12)17-11(18)7-22-15(20)9-4-2-6-21-9/h9H,1-7H2,(H2,16,19)(H,17,18)/t9-/m0/s1. The summed E-state index contributed by atoms with van der Waals surface area (Å²) in [5.41, 5.74) is 6.76. The molecule has 8 heteroatoms. The zero-order valence-corrected chi connectivity index (χ0v) is 13.4. The summed E-state index contributed by atoms with van der Waals surface area (Å²) in [7, 11) is 0. The fourth-order valence-electron chi connectivity index (χ4n) is 2.91. The van der Waals surface area contributed by atoms with Gasteiger partial charge in [-0.25, -0.2) is 4.79 Å². The largest absolute Gasteiger partial charge is 0.454 e. The number of nitrogens with one attached hydrogen (secondary N) is 1. The van der Waals surface area contributed by atoms with Gasteiger partial charge >= 0.3 is 5.97 Å². The predicted molar refractivity (Wildman–Crippen MR) is 83.4 cm³/mol. The number of esters is 1. The topological polar surface area (TPSA) is 108 Å². The van der Waals surface area contributed by atoms with Crippen LogP contribution in [0.15, 0.2) is 0 Å². The van der Waals surface area contributed by atoms with Crippen molar-refractivity contribution < 1.29 is 23.9 Å². The fourth-order valence-corrected chi connectivity index (χ4v) is 4.22. The van der Waals surface area contributed by atoms with Gasteiger partial charge in [-0.2, -0.15) is 0 Å². The predicted octanol–water partition coefficient (Wildman–Crippen LogP) is 0.996. The number of nitrogens with two attached hydrogens (primary N) is 1. The van der Waals surface area contributed by atoms with Crippen LogP contribution in [0.5, 0.6) is 0 Å². The van der Waals surface area contributed by atoms with Crippen molar-refractivity contribution in [3.8, 4) is 0 Å². The van der Waals surface area contributed by atoms with E-state index in [4.69, 9.17) is 15.2 Å². The minimum atomic E-state index is -0.575. The molecule has 2 amide bonds. The van der Waals surface area contributed by atoms with E-state index in [1.807, 2.05) is 0 Å². The van der Waals surface area contributed by atoms with Gasteiger partial charge in [-0.05, 0) is 37.7 Å². The molecule has 124 valence electrons. The first-order valence-electron chi connectivity index (χ1n) is 7.58. The SMILES string of the molecule is NC(=O)c1c(NC(=O)COC(=O)[C@@H]2CCCO2)sc2c1CCC2. The van der Waals surface area contributed by atoms with Crippen LogP contribution in [0.4, 0.5) is 5.00 Å². The fraction of sp³-hybridized carbons (Fsp3) is 0.533. The van der Waals surface area contributed by atoms with Gasteiger partial charge in [0.1, 0.15) is 5.00 Å². The van der Waals surface area contributed by atoms with Gasteiger partial charge in [-0.15, -0.1) is 11.3 Å². The van der Waals surface area contributed by atoms with Crippen LogP contribution in [0.25, 0.3) is 0 Å². The Kier molecular flexibility index (Phi) is 4.63. The third-order valence-corrected chi connectivity index (χ3v) is 5.17. The number of ether oxygens (including phenoxy) is 2. The van der Waals surface area contributed by atoms with Gasteiger partial charge in [-0.3, -0.25) is 9.59 Å². The number of rotatable bonds is 5. The van der Waals surface area contributed by atoms with Crippen LogP contribution in [0.3, 0.4) is 0 Å². The minimum Gasteiger partial charge on any atom is -0.454 e. The highest BCUT2D eigenvalue weighted by Gasteiger charge is 2.28. The summed E-state index contributed by atoms with van der Waals surface area (Å²) in [4.78, 5) is 36.4. The molecule has 0 radical (unpaired) electrons. The van der Waals surface area contributed by atoms with Crippen LogP contribution in [-0.4, -0.2) is 37.1 Å². The highest BCUT2D eigenvalue weighted by atomic mass is 32.1. The lowest BCUT2D eigenvalue weighted by atomic mass is 10.1. The Balaban J connectivity index is 1.60. The van der Waals surface area contributed by atoms with Crippen molar-refractivity contribution >= 4 is 34.1 Å². The van der Waals surface area contributed by atoms with Gasteiger partial charge < -0.3 is 20.5 Å². The zero-order valence-electron chi connectivity index (χ0n) is 12.6. The summed E-state index contributed by atoms with van der Waals surface area (Å²) in [5, 5.41) is 3.07. The van der Waals surface area contributed by atoms with E-state index in [0.29, 0.717) is 23.6 Å². The van der Waals surface area contributed by atoms with E-state index in [0.717, 1.165) is 36.1 Å². The summed E-state index contributed by atoms with van der Waals surface area (Å²) in [6.07, 6.45) is 3.54. The lowest BCUT2D eigenvalue weighted by Crippen LogP contribution is -2.27. The highest BCUT2D eigenvalue weighted by Crippen LogP contribution is 2.38. The lowest BCUT2D eigenvalue weighted by Gasteiger charge is -2.10. The Morgan fingerprint density at radius 3 is 2.83 bits per heavy atom. The van der Waals surface area contributed by atoms with E-state index in [1.165, 1.54) is 11.3 Å². The number of amides is 2. The molecule has 1 fully saturated rings. The van der Waals surface area contributed by atoms with Gasteiger partial charge in [0, 0.05) is 11.5 Å². The first-order chi connectivity index (χ1) is 11.1. The third kappa shape index (κ3) is 3.37. The van der Waals surface area contributed by atoms with Gasteiger partial charge in [-0.1, -0.05) is 0 Å². The van der Waals surface area contributed by atoms with Gasteiger partial charge in [0.2, 0.25) is 0 Å². The molecule has 3 N–H and O–H groups in total. The van der Waals surface area contributed by atoms with Crippen LogP contribution in [-0.2, 0) is 31.9 Å². The number of carbonyl (C=O) groups excluding carboxylic acids is 3. The Morgan fingerprint density at radius 1 is 1.30 bits per heavy atom. The number of hydrogen-bond acceptors (Lipinski definition) is 6. The van der Waals surface area contributed by atoms with Crippen LogP contribution < -0.4 is 11.1 Å². The van der Waals surface area contributed by atoms with Crippen LogP contribution in [0.1, 0.15) is 40.1 Å². The Bertz CT molecular complexity index is 649. The molecule has 2 aliphatic rings. The molecule has 1 aromatic rings. The van der Waals surface area contributed by atoms with E-state index in [9.17, 15) is 14.4 Å². The molecule has 0 unspecified atom stereocenters. The number of anilines is 1. The summed E-state index contributed by atoms with van der Waals surface area (Å²) < 4.78 is 10.1. The minimum absolute atomic E-state index is 0.390. The molecule has 23 heavy (non-hydrogen) atoms. The summed E-state index contributed by atoms with van der Waals surface area (Å²) in [6.45, 7) is 0.133. The third-order valence-electron chi connectivity index (χ3n) is 3.96. The molecule has 2 heterocycles. The molecule has 1 saturated heterocycles. The maximum Gasteiger partial charge on any atom is 0.335 e. The van der Waals surface area contributed by atoms with Gasteiger partial charge in [0.05, 0.1) is 5.56 Å².